The minimum Gasteiger partial charge on any atom is -0.493 e. The van der Waals surface area contributed by atoms with Gasteiger partial charge < -0.3 is 9.47 Å². The zero-order chi connectivity index (χ0) is 21.6. The van der Waals surface area contributed by atoms with Crippen molar-refractivity contribution in [2.75, 3.05) is 13.2 Å². The number of hydrogen-bond donors (Lipinski definition) is 0. The average Bonchev–Trinajstić information content (AvgIpc) is 2.64. The summed E-state index contributed by atoms with van der Waals surface area (Å²) in [5.74, 6) is 1.55. The van der Waals surface area contributed by atoms with Crippen LogP contribution in [0.15, 0.2) is 30.3 Å². The SMILES string of the molecule is CCCOc1ccc(PC(=O)c2c(C)cc(C(C)(C)C)cc2C)c(OCCC)c1.[Li]. The molecule has 0 saturated heterocycles. The van der Waals surface area contributed by atoms with E-state index in [-0.39, 0.29) is 38.4 Å². The summed E-state index contributed by atoms with van der Waals surface area (Å²) in [5.41, 5.74) is 4.41. The average molecular weight is 421 g/mol. The third-order valence-corrected chi connectivity index (χ3v) is 5.92. The van der Waals surface area contributed by atoms with E-state index < -0.39 is 0 Å². The van der Waals surface area contributed by atoms with Crippen molar-refractivity contribution < 1.29 is 14.3 Å². The van der Waals surface area contributed by atoms with Gasteiger partial charge in [-0.25, -0.2) is 0 Å². The molecule has 2 aromatic carbocycles. The second-order valence-electron chi connectivity index (χ2n) is 8.54. The molecule has 3 nitrogen and oxygen atoms in total. The van der Waals surface area contributed by atoms with Crippen LogP contribution in [0, 0.1) is 13.8 Å². The fourth-order valence-electron chi connectivity index (χ4n) is 3.19. The quantitative estimate of drug-likeness (QED) is 0.371. The van der Waals surface area contributed by atoms with Gasteiger partial charge in [-0.05, 0) is 69.5 Å². The molecule has 1 atom stereocenters. The number of carbonyl (C=O) groups excluding carboxylic acids is 1. The van der Waals surface area contributed by atoms with Crippen molar-refractivity contribution in [3.63, 3.8) is 0 Å². The Labute approximate surface area is 196 Å². The number of carbonyl (C=O) groups is 1. The minimum atomic E-state index is 0. The molecule has 0 amide bonds. The van der Waals surface area contributed by atoms with Gasteiger partial charge in [0.15, 0.2) is 5.52 Å². The van der Waals surface area contributed by atoms with Crippen molar-refractivity contribution in [1.82, 2.24) is 0 Å². The van der Waals surface area contributed by atoms with E-state index in [0.717, 1.165) is 46.3 Å². The van der Waals surface area contributed by atoms with E-state index in [1.165, 1.54) is 5.56 Å². The monoisotopic (exact) mass is 421 g/mol. The van der Waals surface area contributed by atoms with Crippen LogP contribution in [-0.4, -0.2) is 37.6 Å². The van der Waals surface area contributed by atoms with E-state index in [1.54, 1.807) is 0 Å². The van der Waals surface area contributed by atoms with Gasteiger partial charge >= 0.3 is 0 Å². The van der Waals surface area contributed by atoms with Gasteiger partial charge in [0, 0.05) is 35.8 Å². The summed E-state index contributed by atoms with van der Waals surface area (Å²) >= 11 is 0. The van der Waals surface area contributed by atoms with Gasteiger partial charge in [-0.15, -0.1) is 0 Å². The van der Waals surface area contributed by atoms with E-state index in [4.69, 9.17) is 9.47 Å². The molecule has 159 valence electrons. The Bertz CT molecular complexity index is 833. The number of aryl methyl sites for hydroxylation is 2. The Morgan fingerprint density at radius 3 is 2.03 bits per heavy atom. The maximum Gasteiger partial charge on any atom is 0.186 e. The molecule has 30 heavy (non-hydrogen) atoms. The first-order chi connectivity index (χ1) is 13.7. The smallest absolute Gasteiger partial charge is 0.186 e. The van der Waals surface area contributed by atoms with Gasteiger partial charge in [0.2, 0.25) is 0 Å². The zero-order valence-electron chi connectivity index (χ0n) is 19.9. The summed E-state index contributed by atoms with van der Waals surface area (Å²) in [6, 6.07) is 10.1. The molecule has 5 heteroatoms. The maximum atomic E-state index is 13.2. The predicted octanol–water partition coefficient (Wildman–Crippen LogP) is 5.94. The standard InChI is InChI=1S/C25H35O3P.Li/c1-8-12-27-20-10-11-22(21(16-20)28-13-9-2)29-24(26)23-17(3)14-19(15-18(23)4)25(5,6)7;/h10-11,14-16,29H,8-9,12-13H2,1-7H3;. The molecule has 1 radical (unpaired) electrons. The van der Waals surface area contributed by atoms with Crippen LogP contribution in [0.3, 0.4) is 0 Å². The van der Waals surface area contributed by atoms with Crippen LogP contribution in [-0.2, 0) is 5.41 Å². The summed E-state index contributed by atoms with van der Waals surface area (Å²) in [6.07, 6.45) is 1.87. The molecule has 2 rings (SSSR count). The Kier molecular flexibility index (Phi) is 10.7. The zero-order valence-corrected chi connectivity index (χ0v) is 20.9. The molecular formula is C25H35LiO3P. The summed E-state index contributed by atoms with van der Waals surface area (Å²) in [5, 5.41) is 0.936. The van der Waals surface area contributed by atoms with Crippen molar-refractivity contribution >= 4 is 38.3 Å². The van der Waals surface area contributed by atoms with Gasteiger partial charge in [0.1, 0.15) is 11.5 Å². The predicted molar refractivity (Wildman–Crippen MR) is 131 cm³/mol. The summed E-state index contributed by atoms with van der Waals surface area (Å²) in [7, 11) is 0.0212. The Balaban J connectivity index is 0.00000450. The topological polar surface area (TPSA) is 35.5 Å². The molecule has 0 saturated carbocycles. The van der Waals surface area contributed by atoms with Gasteiger partial charge in [-0.3, -0.25) is 4.79 Å². The van der Waals surface area contributed by atoms with Crippen molar-refractivity contribution in [3.05, 3.63) is 52.6 Å². The van der Waals surface area contributed by atoms with Gasteiger partial charge in [-0.1, -0.05) is 46.8 Å². The molecular weight excluding hydrogens is 386 g/mol. The molecule has 0 heterocycles. The summed E-state index contributed by atoms with van der Waals surface area (Å²) in [6.45, 7) is 16.1. The number of benzene rings is 2. The van der Waals surface area contributed by atoms with E-state index in [0.29, 0.717) is 13.2 Å². The molecule has 1 unspecified atom stereocenters. The number of rotatable bonds is 9. The van der Waals surface area contributed by atoms with E-state index in [9.17, 15) is 4.79 Å². The third-order valence-electron chi connectivity index (χ3n) is 4.76. The molecule has 0 fully saturated rings. The van der Waals surface area contributed by atoms with E-state index in [2.05, 4.69) is 46.8 Å². The number of hydrogen-bond acceptors (Lipinski definition) is 3. The molecule has 0 aromatic heterocycles. The molecule has 2 aromatic rings. The molecule has 0 aliphatic carbocycles. The second kappa shape index (κ2) is 11.9. The number of ether oxygens (including phenoxy) is 2. The van der Waals surface area contributed by atoms with Crippen LogP contribution >= 0.6 is 8.58 Å². The van der Waals surface area contributed by atoms with Crippen molar-refractivity contribution in [2.24, 2.45) is 0 Å². The van der Waals surface area contributed by atoms with E-state index in [1.807, 2.05) is 32.0 Å². The van der Waals surface area contributed by atoms with Crippen molar-refractivity contribution in [2.45, 2.75) is 66.7 Å². The first-order valence-corrected chi connectivity index (χ1v) is 11.5. The van der Waals surface area contributed by atoms with Crippen LogP contribution in [0.1, 0.15) is 74.5 Å². The second-order valence-corrected chi connectivity index (χ2v) is 9.79. The van der Waals surface area contributed by atoms with Crippen LogP contribution in [0.25, 0.3) is 0 Å². The van der Waals surface area contributed by atoms with Crippen LogP contribution in [0.4, 0.5) is 0 Å². The molecule has 0 spiro atoms. The Hall–Kier alpha value is -1.26. The molecule has 0 aliphatic rings. The third kappa shape index (κ3) is 7.16. The van der Waals surface area contributed by atoms with Gasteiger partial charge in [0.05, 0.1) is 13.2 Å². The van der Waals surface area contributed by atoms with Crippen LogP contribution in [0.2, 0.25) is 0 Å². The fraction of sp³-hybridized carbons (Fsp3) is 0.480. The minimum absolute atomic E-state index is 0. The van der Waals surface area contributed by atoms with Gasteiger partial charge in [-0.2, -0.15) is 0 Å². The van der Waals surface area contributed by atoms with Gasteiger partial charge in [0.25, 0.3) is 0 Å². The fourth-order valence-corrected chi connectivity index (χ4v) is 4.38. The largest absolute Gasteiger partial charge is 0.493 e. The van der Waals surface area contributed by atoms with Crippen molar-refractivity contribution in [1.29, 1.82) is 0 Å². The van der Waals surface area contributed by atoms with Crippen LogP contribution < -0.4 is 14.8 Å². The molecule has 0 N–H and O–H groups in total. The van der Waals surface area contributed by atoms with E-state index >= 15 is 0 Å². The first kappa shape index (κ1) is 26.8. The Morgan fingerprint density at radius 1 is 0.933 bits per heavy atom. The summed E-state index contributed by atoms with van der Waals surface area (Å²) < 4.78 is 11.7. The Morgan fingerprint density at radius 2 is 1.50 bits per heavy atom. The van der Waals surface area contributed by atoms with Crippen LogP contribution in [0.5, 0.6) is 11.5 Å². The van der Waals surface area contributed by atoms with Crippen molar-refractivity contribution in [3.8, 4) is 11.5 Å². The molecule has 0 aliphatic heterocycles. The first-order valence-electron chi connectivity index (χ1n) is 10.5. The molecule has 0 bridgehead atoms. The normalized spacial score (nSPS) is 11.4. The maximum absolute atomic E-state index is 13.2. The summed E-state index contributed by atoms with van der Waals surface area (Å²) in [4.78, 5) is 13.2.